The van der Waals surface area contributed by atoms with Gasteiger partial charge >= 0.3 is 0 Å². The fraction of sp³-hybridized carbons (Fsp3) is 0.667. The van der Waals surface area contributed by atoms with Crippen LogP contribution in [-0.2, 0) is 19.4 Å². The number of rotatable bonds is 10. The Morgan fingerprint density at radius 3 is 2.39 bits per heavy atom. The number of ether oxygens (including phenoxy) is 1. The van der Waals surface area contributed by atoms with Crippen molar-refractivity contribution in [3.63, 3.8) is 0 Å². The molecule has 0 aromatic heterocycles. The van der Waals surface area contributed by atoms with E-state index in [9.17, 15) is 13.2 Å². The van der Waals surface area contributed by atoms with Crippen molar-refractivity contribution in [3.05, 3.63) is 35.9 Å². The van der Waals surface area contributed by atoms with Crippen LogP contribution in [-0.4, -0.2) is 43.7 Å². The van der Waals surface area contributed by atoms with Gasteiger partial charge in [0.1, 0.15) is 0 Å². The number of sulfone groups is 1. The largest absolute Gasteiger partial charge is 0.378 e. The molecule has 0 saturated heterocycles. The van der Waals surface area contributed by atoms with Gasteiger partial charge in [-0.05, 0) is 49.5 Å². The summed E-state index contributed by atoms with van der Waals surface area (Å²) in [4.78, 5) is 11.6. The van der Waals surface area contributed by atoms with Gasteiger partial charge in [-0.2, -0.15) is 0 Å². The van der Waals surface area contributed by atoms with Crippen LogP contribution in [0.2, 0.25) is 0 Å². The molecule has 1 aromatic carbocycles. The zero-order chi connectivity index (χ0) is 20.6. The summed E-state index contributed by atoms with van der Waals surface area (Å²) >= 11 is 0. The highest BCUT2D eigenvalue weighted by molar-refractivity contribution is 7.91. The molecular formula is C21H33NO5S. The molecule has 2 rings (SSSR count). The number of carbonyl (C=O) groups excluding carboxylic acids is 1. The molecule has 1 amide bonds. The number of hydrogen-bond donors (Lipinski definition) is 2. The second kappa shape index (κ2) is 10.9. The maximum absolute atomic E-state index is 12.3. The Morgan fingerprint density at radius 2 is 1.82 bits per heavy atom. The Hall–Kier alpha value is -1.44. The summed E-state index contributed by atoms with van der Waals surface area (Å²) in [6, 6.07) is 10.5. The molecule has 0 heterocycles. The van der Waals surface area contributed by atoms with Gasteiger partial charge in [-0.25, -0.2) is 13.9 Å². The maximum Gasteiger partial charge on any atom is 0.247 e. The molecule has 7 heteroatoms. The molecule has 1 aliphatic rings. The Morgan fingerprint density at radius 1 is 1.18 bits per heavy atom. The Balaban J connectivity index is 1.69. The van der Waals surface area contributed by atoms with Crippen LogP contribution in [0.15, 0.2) is 30.3 Å². The average Bonchev–Trinajstić information content (AvgIpc) is 2.70. The van der Waals surface area contributed by atoms with Crippen LogP contribution in [0.1, 0.15) is 57.4 Å². The molecule has 0 aliphatic heterocycles. The van der Waals surface area contributed by atoms with E-state index in [1.807, 2.05) is 6.07 Å². The highest BCUT2D eigenvalue weighted by atomic mass is 32.2. The van der Waals surface area contributed by atoms with Gasteiger partial charge in [-0.1, -0.05) is 44.2 Å². The quantitative estimate of drug-likeness (QED) is 0.350. The standard InChI is InChI=1S/C21H33NO5S/c1-16(2)20(21(23)22-24)15-28(25,26)14-6-13-27-19-11-9-18(10-12-19)17-7-4-3-5-8-17/h3-5,7-8,16,18-20,24H,6,9-15H2,1-2H3,(H,22,23). The molecule has 1 fully saturated rings. The second-order valence-corrected chi connectivity index (χ2v) is 10.3. The normalized spacial score (nSPS) is 21.4. The van der Waals surface area contributed by atoms with Crippen molar-refractivity contribution in [2.24, 2.45) is 11.8 Å². The van der Waals surface area contributed by atoms with E-state index in [2.05, 4.69) is 24.3 Å². The number of hydrogen-bond acceptors (Lipinski definition) is 5. The molecule has 0 radical (unpaired) electrons. The van der Waals surface area contributed by atoms with Gasteiger partial charge in [0.05, 0.1) is 23.5 Å². The molecule has 28 heavy (non-hydrogen) atoms. The summed E-state index contributed by atoms with van der Waals surface area (Å²) < 4.78 is 30.5. The topological polar surface area (TPSA) is 92.7 Å². The first kappa shape index (κ1) is 22.8. The molecule has 1 atom stereocenters. The van der Waals surface area contributed by atoms with Crippen LogP contribution in [0.4, 0.5) is 0 Å². The Kier molecular flexibility index (Phi) is 8.92. The molecular weight excluding hydrogens is 378 g/mol. The Labute approximate surface area is 168 Å². The van der Waals surface area contributed by atoms with E-state index in [1.54, 1.807) is 19.3 Å². The summed E-state index contributed by atoms with van der Waals surface area (Å²) in [7, 11) is -3.38. The third-order valence-corrected chi connectivity index (χ3v) is 7.36. The van der Waals surface area contributed by atoms with Crippen LogP contribution in [0.5, 0.6) is 0 Å². The summed E-state index contributed by atoms with van der Waals surface area (Å²) in [6.45, 7) is 3.95. The van der Waals surface area contributed by atoms with Crippen molar-refractivity contribution in [3.8, 4) is 0 Å². The zero-order valence-electron chi connectivity index (χ0n) is 16.8. The van der Waals surface area contributed by atoms with Crippen LogP contribution in [0, 0.1) is 11.8 Å². The van der Waals surface area contributed by atoms with Crippen molar-refractivity contribution < 1.29 is 23.2 Å². The van der Waals surface area contributed by atoms with Crippen molar-refractivity contribution in [2.75, 3.05) is 18.1 Å². The first-order valence-corrected chi connectivity index (χ1v) is 12.0. The molecule has 1 saturated carbocycles. The van der Waals surface area contributed by atoms with Gasteiger partial charge in [0, 0.05) is 6.61 Å². The molecule has 0 spiro atoms. The van der Waals surface area contributed by atoms with E-state index in [4.69, 9.17) is 9.94 Å². The number of carbonyl (C=O) groups is 1. The van der Waals surface area contributed by atoms with Gasteiger partial charge in [0.2, 0.25) is 5.91 Å². The van der Waals surface area contributed by atoms with Crippen molar-refractivity contribution in [2.45, 2.75) is 58.0 Å². The van der Waals surface area contributed by atoms with Crippen molar-refractivity contribution in [1.29, 1.82) is 0 Å². The van der Waals surface area contributed by atoms with Gasteiger partial charge in [0.25, 0.3) is 0 Å². The first-order valence-electron chi connectivity index (χ1n) is 10.1. The number of amides is 1. The minimum atomic E-state index is -3.38. The van der Waals surface area contributed by atoms with Gasteiger partial charge in [-0.3, -0.25) is 10.0 Å². The fourth-order valence-corrected chi connectivity index (χ4v) is 5.64. The fourth-order valence-electron chi connectivity index (χ4n) is 3.83. The van der Waals surface area contributed by atoms with Crippen molar-refractivity contribution >= 4 is 15.7 Å². The van der Waals surface area contributed by atoms with Crippen LogP contribution >= 0.6 is 0 Å². The van der Waals surface area contributed by atoms with Crippen molar-refractivity contribution in [1.82, 2.24) is 5.48 Å². The Bertz CT molecular complexity index is 697. The maximum atomic E-state index is 12.3. The third-order valence-electron chi connectivity index (χ3n) is 5.58. The minimum Gasteiger partial charge on any atom is -0.378 e. The summed E-state index contributed by atoms with van der Waals surface area (Å²) in [5.41, 5.74) is 2.95. The first-order chi connectivity index (χ1) is 13.3. The van der Waals surface area contributed by atoms with E-state index in [1.165, 1.54) is 5.56 Å². The van der Waals surface area contributed by atoms with E-state index in [0.29, 0.717) is 18.9 Å². The van der Waals surface area contributed by atoms with Gasteiger partial charge in [0.15, 0.2) is 9.84 Å². The smallest absolute Gasteiger partial charge is 0.247 e. The highest BCUT2D eigenvalue weighted by Gasteiger charge is 2.28. The molecule has 1 aliphatic carbocycles. The number of benzene rings is 1. The molecule has 1 aromatic rings. The highest BCUT2D eigenvalue weighted by Crippen LogP contribution is 2.33. The van der Waals surface area contributed by atoms with Gasteiger partial charge in [-0.15, -0.1) is 0 Å². The minimum absolute atomic E-state index is 0.00567. The van der Waals surface area contributed by atoms with Crippen LogP contribution in [0.25, 0.3) is 0 Å². The molecule has 6 nitrogen and oxygen atoms in total. The van der Waals surface area contributed by atoms with E-state index >= 15 is 0 Å². The van der Waals surface area contributed by atoms with Gasteiger partial charge < -0.3 is 4.74 Å². The lowest BCUT2D eigenvalue weighted by Crippen LogP contribution is -2.36. The predicted molar refractivity (Wildman–Crippen MR) is 109 cm³/mol. The molecule has 2 N–H and O–H groups in total. The van der Waals surface area contributed by atoms with E-state index < -0.39 is 21.7 Å². The molecule has 1 unspecified atom stereocenters. The van der Waals surface area contributed by atoms with Crippen LogP contribution < -0.4 is 5.48 Å². The lowest BCUT2D eigenvalue weighted by molar-refractivity contribution is -0.133. The lowest BCUT2D eigenvalue weighted by Gasteiger charge is -2.29. The second-order valence-electron chi connectivity index (χ2n) is 8.05. The zero-order valence-corrected chi connectivity index (χ0v) is 17.7. The summed E-state index contributed by atoms with van der Waals surface area (Å²) in [5, 5.41) is 8.79. The molecule has 0 bridgehead atoms. The summed E-state index contributed by atoms with van der Waals surface area (Å²) in [5.74, 6) is -1.23. The van der Waals surface area contributed by atoms with E-state index in [0.717, 1.165) is 25.7 Å². The lowest BCUT2D eigenvalue weighted by atomic mass is 9.83. The van der Waals surface area contributed by atoms with E-state index in [-0.39, 0.29) is 23.5 Å². The third kappa shape index (κ3) is 7.18. The predicted octanol–water partition coefficient (Wildman–Crippen LogP) is 3.31. The average molecular weight is 412 g/mol. The summed E-state index contributed by atoms with van der Waals surface area (Å²) in [6.07, 6.45) is 4.81. The number of nitrogens with one attached hydrogen (secondary N) is 1. The molecule has 158 valence electrons. The SMILES string of the molecule is CC(C)C(CS(=O)(=O)CCCOC1CCC(c2ccccc2)CC1)C(=O)NO. The monoisotopic (exact) mass is 411 g/mol. The van der Waals surface area contributed by atoms with Crippen LogP contribution in [0.3, 0.4) is 0 Å². The number of hydroxylamine groups is 1.